The van der Waals surface area contributed by atoms with Crippen LogP contribution < -0.4 is 14.8 Å². The molecule has 0 radical (unpaired) electrons. The lowest BCUT2D eigenvalue weighted by Crippen LogP contribution is -2.28. The number of amides is 1. The molecule has 2 aliphatic rings. The Balaban J connectivity index is 1.43. The van der Waals surface area contributed by atoms with Crippen molar-refractivity contribution in [1.82, 2.24) is 0 Å². The van der Waals surface area contributed by atoms with Crippen LogP contribution in [0.4, 0.5) is 5.69 Å². The first-order valence-corrected chi connectivity index (χ1v) is 7.42. The van der Waals surface area contributed by atoms with Gasteiger partial charge in [-0.05, 0) is 24.3 Å². The van der Waals surface area contributed by atoms with Gasteiger partial charge >= 0.3 is 0 Å². The molecule has 1 amide bonds. The van der Waals surface area contributed by atoms with Gasteiger partial charge in [-0.2, -0.15) is 0 Å². The van der Waals surface area contributed by atoms with E-state index < -0.39 is 6.10 Å². The standard InChI is InChI=1S/C17H14N2O5/c20-13-4-2-1-3-11(13)12-8-16(24-19-12)17(21)18-10-5-6-14-15(7-10)23-9-22-14/h1-7,16,20H,8-9H2,(H,18,21)/t16-/m0/s1. The largest absolute Gasteiger partial charge is 0.507 e. The minimum absolute atomic E-state index is 0.108. The van der Waals surface area contributed by atoms with Crippen molar-refractivity contribution in [1.29, 1.82) is 0 Å². The SMILES string of the molecule is O=C(Nc1ccc2c(c1)OCO2)[C@@H]1CC(c2ccccc2O)=NO1. The quantitative estimate of drug-likeness (QED) is 0.903. The van der Waals surface area contributed by atoms with E-state index in [0.717, 1.165) is 0 Å². The summed E-state index contributed by atoms with van der Waals surface area (Å²) in [5.74, 6) is 1.03. The maximum Gasteiger partial charge on any atom is 0.268 e. The van der Waals surface area contributed by atoms with Crippen molar-refractivity contribution in [3.8, 4) is 17.2 Å². The second kappa shape index (κ2) is 5.77. The summed E-state index contributed by atoms with van der Waals surface area (Å²) in [5.41, 5.74) is 1.69. The van der Waals surface area contributed by atoms with E-state index in [0.29, 0.717) is 28.5 Å². The van der Waals surface area contributed by atoms with Crippen molar-refractivity contribution in [3.63, 3.8) is 0 Å². The molecular formula is C17H14N2O5. The molecule has 0 spiro atoms. The van der Waals surface area contributed by atoms with Gasteiger partial charge in [-0.25, -0.2) is 0 Å². The van der Waals surface area contributed by atoms with Gasteiger partial charge in [0.1, 0.15) is 5.75 Å². The van der Waals surface area contributed by atoms with Crippen molar-refractivity contribution in [2.75, 3.05) is 12.1 Å². The average Bonchev–Trinajstić information content (AvgIpc) is 3.24. The molecule has 0 unspecified atom stereocenters. The minimum atomic E-state index is -0.745. The first-order chi connectivity index (χ1) is 11.7. The summed E-state index contributed by atoms with van der Waals surface area (Å²) in [6.45, 7) is 0.177. The van der Waals surface area contributed by atoms with E-state index in [1.807, 2.05) is 0 Å². The molecule has 2 aromatic rings. The Hall–Kier alpha value is -3.22. The van der Waals surface area contributed by atoms with Crippen LogP contribution in [0.3, 0.4) is 0 Å². The highest BCUT2D eigenvalue weighted by atomic mass is 16.7. The lowest BCUT2D eigenvalue weighted by atomic mass is 10.0. The van der Waals surface area contributed by atoms with Crippen LogP contribution in [0.1, 0.15) is 12.0 Å². The fourth-order valence-electron chi connectivity index (χ4n) is 2.59. The molecule has 2 aromatic carbocycles. The second-order valence-electron chi connectivity index (χ2n) is 5.41. The first kappa shape index (κ1) is 14.4. The molecule has 0 fully saturated rings. The van der Waals surface area contributed by atoms with E-state index in [9.17, 15) is 9.90 Å². The molecule has 0 saturated heterocycles. The molecule has 4 rings (SSSR count). The van der Waals surface area contributed by atoms with Crippen LogP contribution >= 0.6 is 0 Å². The summed E-state index contributed by atoms with van der Waals surface area (Å²) < 4.78 is 10.5. The zero-order valence-electron chi connectivity index (χ0n) is 12.6. The molecule has 7 heteroatoms. The smallest absolute Gasteiger partial charge is 0.268 e. The summed E-state index contributed by atoms with van der Waals surface area (Å²) >= 11 is 0. The third kappa shape index (κ3) is 2.60. The van der Waals surface area contributed by atoms with Crippen molar-refractivity contribution in [2.45, 2.75) is 12.5 Å². The maximum absolute atomic E-state index is 12.3. The summed E-state index contributed by atoms with van der Waals surface area (Å²) in [6, 6.07) is 12.0. The third-order valence-electron chi connectivity index (χ3n) is 3.82. The van der Waals surface area contributed by atoms with Crippen LogP contribution in [0.15, 0.2) is 47.6 Å². The maximum atomic E-state index is 12.3. The number of anilines is 1. The van der Waals surface area contributed by atoms with Crippen molar-refractivity contribution in [3.05, 3.63) is 48.0 Å². The fraction of sp³-hybridized carbons (Fsp3) is 0.176. The molecule has 2 aliphatic heterocycles. The van der Waals surface area contributed by atoms with Gasteiger partial charge in [-0.3, -0.25) is 4.79 Å². The molecule has 24 heavy (non-hydrogen) atoms. The molecule has 0 aliphatic carbocycles. The number of ether oxygens (including phenoxy) is 2. The lowest BCUT2D eigenvalue weighted by Gasteiger charge is -2.10. The Kier molecular flexibility index (Phi) is 3.45. The molecule has 7 nitrogen and oxygen atoms in total. The zero-order valence-corrected chi connectivity index (χ0v) is 12.6. The topological polar surface area (TPSA) is 89.4 Å². The predicted molar refractivity (Wildman–Crippen MR) is 85.3 cm³/mol. The number of nitrogens with one attached hydrogen (secondary N) is 1. The van der Waals surface area contributed by atoms with E-state index in [4.69, 9.17) is 14.3 Å². The van der Waals surface area contributed by atoms with Crippen LogP contribution in [0.25, 0.3) is 0 Å². The molecule has 122 valence electrons. The molecule has 0 saturated carbocycles. The van der Waals surface area contributed by atoms with Crippen LogP contribution in [-0.4, -0.2) is 29.6 Å². The molecule has 0 aromatic heterocycles. The second-order valence-corrected chi connectivity index (χ2v) is 5.41. The van der Waals surface area contributed by atoms with Crippen LogP contribution in [0.5, 0.6) is 17.2 Å². The summed E-state index contributed by atoms with van der Waals surface area (Å²) in [5, 5.41) is 16.5. The minimum Gasteiger partial charge on any atom is -0.507 e. The number of aromatic hydroxyl groups is 1. The van der Waals surface area contributed by atoms with Crippen molar-refractivity contribution >= 4 is 17.3 Å². The Morgan fingerprint density at radius 3 is 2.88 bits per heavy atom. The number of phenols is 1. The highest BCUT2D eigenvalue weighted by Gasteiger charge is 2.30. The van der Waals surface area contributed by atoms with Gasteiger partial charge in [0, 0.05) is 23.7 Å². The molecule has 2 heterocycles. The molecule has 1 atom stereocenters. The van der Waals surface area contributed by atoms with E-state index in [1.165, 1.54) is 0 Å². The van der Waals surface area contributed by atoms with Gasteiger partial charge in [0.25, 0.3) is 5.91 Å². The monoisotopic (exact) mass is 326 g/mol. The highest BCUT2D eigenvalue weighted by Crippen LogP contribution is 2.34. The van der Waals surface area contributed by atoms with Crippen LogP contribution in [0, 0.1) is 0 Å². The van der Waals surface area contributed by atoms with Gasteiger partial charge < -0.3 is 24.7 Å². The number of fused-ring (bicyclic) bond motifs is 1. The molecular weight excluding hydrogens is 312 g/mol. The predicted octanol–water partition coefficient (Wildman–Crippen LogP) is 2.25. The van der Waals surface area contributed by atoms with Gasteiger partial charge in [-0.1, -0.05) is 17.3 Å². The van der Waals surface area contributed by atoms with Crippen LogP contribution in [0.2, 0.25) is 0 Å². The highest BCUT2D eigenvalue weighted by molar-refractivity contribution is 6.07. The van der Waals surface area contributed by atoms with Gasteiger partial charge in [0.2, 0.25) is 12.9 Å². The molecule has 0 bridgehead atoms. The number of phenolic OH excluding ortho intramolecular Hbond substituents is 1. The number of para-hydroxylation sites is 1. The average molecular weight is 326 g/mol. The van der Waals surface area contributed by atoms with Gasteiger partial charge in [0.05, 0.1) is 5.71 Å². The van der Waals surface area contributed by atoms with Crippen molar-refractivity contribution in [2.24, 2.45) is 5.16 Å². The van der Waals surface area contributed by atoms with Gasteiger partial charge in [0.15, 0.2) is 11.5 Å². The van der Waals surface area contributed by atoms with E-state index >= 15 is 0 Å². The fourth-order valence-corrected chi connectivity index (χ4v) is 2.59. The number of carbonyl (C=O) groups excluding carboxylic acids is 1. The summed E-state index contributed by atoms with van der Waals surface area (Å²) in [7, 11) is 0. The number of nitrogens with zero attached hydrogens (tertiary/aromatic N) is 1. The Labute approximate surface area is 137 Å². The number of hydrogen-bond donors (Lipinski definition) is 2. The van der Waals surface area contributed by atoms with E-state index in [2.05, 4.69) is 10.5 Å². The third-order valence-corrected chi connectivity index (χ3v) is 3.82. The zero-order chi connectivity index (χ0) is 16.5. The number of rotatable bonds is 3. The van der Waals surface area contributed by atoms with E-state index in [1.54, 1.807) is 42.5 Å². The number of hydrogen-bond acceptors (Lipinski definition) is 6. The van der Waals surface area contributed by atoms with Gasteiger partial charge in [-0.15, -0.1) is 0 Å². The number of benzene rings is 2. The first-order valence-electron chi connectivity index (χ1n) is 7.42. The Morgan fingerprint density at radius 2 is 2.00 bits per heavy atom. The van der Waals surface area contributed by atoms with Crippen molar-refractivity contribution < 1.29 is 24.2 Å². The summed E-state index contributed by atoms with van der Waals surface area (Å²) in [6.07, 6.45) is -0.460. The normalized spacial score (nSPS) is 18.0. The Bertz CT molecular complexity index is 833. The van der Waals surface area contributed by atoms with Crippen LogP contribution in [-0.2, 0) is 9.63 Å². The Morgan fingerprint density at radius 1 is 1.17 bits per heavy atom. The molecule has 2 N–H and O–H groups in total. The lowest BCUT2D eigenvalue weighted by molar-refractivity contribution is -0.125. The number of carbonyl (C=O) groups is 1. The van der Waals surface area contributed by atoms with E-state index in [-0.39, 0.29) is 24.9 Å². The number of oxime groups is 1. The summed E-state index contributed by atoms with van der Waals surface area (Å²) in [4.78, 5) is 17.5.